The molecule has 3 nitrogen and oxygen atoms in total. The molecule has 0 aromatic rings. The van der Waals surface area contributed by atoms with Gasteiger partial charge in [-0.15, -0.1) is 0 Å². The molecule has 1 rings (SSSR count). The molecule has 1 fully saturated rings. The van der Waals surface area contributed by atoms with Crippen LogP contribution in [0.2, 0.25) is 0 Å². The molecule has 18 heavy (non-hydrogen) atoms. The lowest BCUT2D eigenvalue weighted by molar-refractivity contribution is 0.0207. The lowest BCUT2D eigenvalue weighted by atomic mass is 9.89. The topological polar surface area (TPSA) is 35.5 Å². The zero-order valence-corrected chi connectivity index (χ0v) is 12.7. The van der Waals surface area contributed by atoms with Gasteiger partial charge in [0.15, 0.2) is 0 Å². The van der Waals surface area contributed by atoms with Gasteiger partial charge in [0.05, 0.1) is 5.60 Å². The summed E-state index contributed by atoms with van der Waals surface area (Å²) in [5.74, 6) is 0.845. The number of nitrogens with one attached hydrogen (secondary N) is 1. The second kappa shape index (κ2) is 7.46. The van der Waals surface area contributed by atoms with Crippen LogP contribution in [0.1, 0.15) is 52.9 Å². The highest BCUT2D eigenvalue weighted by atomic mass is 16.3. The molecule has 0 aliphatic heterocycles. The van der Waals surface area contributed by atoms with Crippen molar-refractivity contribution in [3.8, 4) is 0 Å². The molecule has 0 amide bonds. The average Bonchev–Trinajstić information content (AvgIpc) is 2.27. The van der Waals surface area contributed by atoms with Crippen molar-refractivity contribution in [1.29, 1.82) is 0 Å². The van der Waals surface area contributed by atoms with E-state index in [1.54, 1.807) is 0 Å². The maximum Gasteiger partial charge on any atom is 0.0869 e. The molecule has 0 spiro atoms. The third kappa shape index (κ3) is 6.72. The van der Waals surface area contributed by atoms with E-state index in [1.807, 2.05) is 6.92 Å². The van der Waals surface area contributed by atoms with E-state index in [9.17, 15) is 5.11 Å². The highest BCUT2D eigenvalue weighted by molar-refractivity contribution is 4.81. The van der Waals surface area contributed by atoms with Crippen LogP contribution in [0.15, 0.2) is 0 Å². The number of hydrogen-bond acceptors (Lipinski definition) is 3. The van der Waals surface area contributed by atoms with Crippen LogP contribution in [0.25, 0.3) is 0 Å². The van der Waals surface area contributed by atoms with Crippen LogP contribution in [-0.4, -0.2) is 48.3 Å². The van der Waals surface area contributed by atoms with Gasteiger partial charge < -0.3 is 15.3 Å². The summed E-state index contributed by atoms with van der Waals surface area (Å²) in [6.07, 6.45) is 6.94. The Morgan fingerprint density at radius 3 is 2.44 bits per heavy atom. The molecule has 1 aliphatic rings. The lowest BCUT2D eigenvalue weighted by Crippen LogP contribution is -2.48. The third-order valence-corrected chi connectivity index (χ3v) is 3.80. The largest absolute Gasteiger partial charge is 0.388 e. The number of rotatable bonds is 7. The summed E-state index contributed by atoms with van der Waals surface area (Å²) in [4.78, 5) is 2.30. The smallest absolute Gasteiger partial charge is 0.0869 e. The third-order valence-electron chi connectivity index (χ3n) is 3.80. The van der Waals surface area contributed by atoms with E-state index in [1.165, 1.54) is 32.1 Å². The van der Waals surface area contributed by atoms with E-state index in [4.69, 9.17) is 0 Å². The quantitative estimate of drug-likeness (QED) is 0.733. The van der Waals surface area contributed by atoms with Crippen molar-refractivity contribution in [3.05, 3.63) is 0 Å². The summed E-state index contributed by atoms with van der Waals surface area (Å²) in [6, 6.07) is 0.431. The highest BCUT2D eigenvalue weighted by Gasteiger charge is 2.24. The maximum absolute atomic E-state index is 10.4. The zero-order valence-electron chi connectivity index (χ0n) is 12.7. The van der Waals surface area contributed by atoms with Crippen molar-refractivity contribution in [2.24, 2.45) is 5.92 Å². The van der Waals surface area contributed by atoms with Crippen LogP contribution < -0.4 is 5.32 Å². The molecule has 2 N–H and O–H groups in total. The minimum atomic E-state index is -0.631. The fraction of sp³-hybridized carbons (Fsp3) is 1.00. The Morgan fingerprint density at radius 1 is 1.28 bits per heavy atom. The van der Waals surface area contributed by atoms with E-state index in [0.717, 1.165) is 19.0 Å². The summed E-state index contributed by atoms with van der Waals surface area (Å²) in [7, 11) is 2.14. The standard InChI is InChI=1S/C15H32N2O/c1-13(2)16-11-15(3,18)12-17(4)10-14-8-6-5-7-9-14/h13-14,16,18H,5-12H2,1-4H3. The van der Waals surface area contributed by atoms with Crippen molar-refractivity contribution in [3.63, 3.8) is 0 Å². The fourth-order valence-corrected chi connectivity index (χ4v) is 2.94. The molecule has 0 saturated heterocycles. The van der Waals surface area contributed by atoms with Gasteiger partial charge in [-0.25, -0.2) is 0 Å². The molecule has 0 bridgehead atoms. The van der Waals surface area contributed by atoms with E-state index in [-0.39, 0.29) is 0 Å². The summed E-state index contributed by atoms with van der Waals surface area (Å²) in [6.45, 7) is 8.71. The van der Waals surface area contributed by atoms with Gasteiger partial charge in [-0.2, -0.15) is 0 Å². The second-order valence-corrected chi connectivity index (χ2v) is 6.73. The van der Waals surface area contributed by atoms with Crippen LogP contribution >= 0.6 is 0 Å². The Labute approximate surface area is 113 Å². The minimum absolute atomic E-state index is 0.431. The van der Waals surface area contributed by atoms with Crippen molar-refractivity contribution in [2.75, 3.05) is 26.7 Å². The van der Waals surface area contributed by atoms with E-state index < -0.39 is 5.60 Å². The first-order valence-electron chi connectivity index (χ1n) is 7.53. The van der Waals surface area contributed by atoms with Gasteiger partial charge in [0, 0.05) is 25.7 Å². The Balaban J connectivity index is 2.26. The summed E-state index contributed by atoms with van der Waals surface area (Å²) in [5, 5.41) is 13.7. The first-order valence-corrected chi connectivity index (χ1v) is 7.53. The first-order chi connectivity index (χ1) is 8.39. The molecule has 0 aromatic heterocycles. The van der Waals surface area contributed by atoms with Crippen molar-refractivity contribution in [1.82, 2.24) is 10.2 Å². The predicted molar refractivity (Wildman–Crippen MR) is 77.8 cm³/mol. The lowest BCUT2D eigenvalue weighted by Gasteiger charge is -2.33. The van der Waals surface area contributed by atoms with Crippen molar-refractivity contribution >= 4 is 0 Å². The molecule has 108 valence electrons. The molecule has 1 aliphatic carbocycles. The zero-order chi connectivity index (χ0) is 13.6. The SMILES string of the molecule is CC(C)NCC(C)(O)CN(C)CC1CCCCC1. The van der Waals surface area contributed by atoms with E-state index in [2.05, 4.69) is 31.1 Å². The summed E-state index contributed by atoms with van der Waals surface area (Å²) < 4.78 is 0. The molecule has 3 heteroatoms. The predicted octanol–water partition coefficient (Wildman–Crippen LogP) is 2.25. The van der Waals surface area contributed by atoms with Gasteiger partial charge >= 0.3 is 0 Å². The van der Waals surface area contributed by atoms with Gasteiger partial charge in [0.2, 0.25) is 0 Å². The molecule has 0 radical (unpaired) electrons. The number of nitrogens with zero attached hydrogens (tertiary/aromatic N) is 1. The molecular weight excluding hydrogens is 224 g/mol. The Bertz CT molecular complexity index is 223. The Hall–Kier alpha value is -0.120. The number of aliphatic hydroxyl groups is 1. The fourth-order valence-electron chi connectivity index (χ4n) is 2.94. The van der Waals surface area contributed by atoms with Gasteiger partial charge in [-0.05, 0) is 32.7 Å². The molecule has 1 atom stereocenters. The molecule has 1 unspecified atom stereocenters. The van der Waals surface area contributed by atoms with Gasteiger partial charge in [0.1, 0.15) is 0 Å². The van der Waals surface area contributed by atoms with Crippen LogP contribution in [0.5, 0.6) is 0 Å². The monoisotopic (exact) mass is 256 g/mol. The normalized spacial score (nSPS) is 21.5. The summed E-state index contributed by atoms with van der Waals surface area (Å²) >= 11 is 0. The van der Waals surface area contributed by atoms with Crippen LogP contribution in [-0.2, 0) is 0 Å². The van der Waals surface area contributed by atoms with Crippen LogP contribution in [0, 0.1) is 5.92 Å². The van der Waals surface area contributed by atoms with Gasteiger partial charge in [-0.1, -0.05) is 33.1 Å². The number of hydrogen-bond donors (Lipinski definition) is 2. The Kier molecular flexibility index (Phi) is 6.61. The molecule has 0 heterocycles. The average molecular weight is 256 g/mol. The van der Waals surface area contributed by atoms with Crippen molar-refractivity contribution < 1.29 is 5.11 Å². The first kappa shape index (κ1) is 15.9. The molecular formula is C15H32N2O. The maximum atomic E-state index is 10.4. The summed E-state index contributed by atoms with van der Waals surface area (Å²) in [5.41, 5.74) is -0.631. The second-order valence-electron chi connectivity index (χ2n) is 6.73. The Morgan fingerprint density at radius 2 is 1.89 bits per heavy atom. The van der Waals surface area contributed by atoms with Crippen molar-refractivity contribution in [2.45, 2.75) is 64.5 Å². The number of likely N-dealkylation sites (N-methyl/N-ethyl adjacent to an activating group) is 1. The molecule has 0 aromatic carbocycles. The van der Waals surface area contributed by atoms with Gasteiger partial charge in [-0.3, -0.25) is 0 Å². The highest BCUT2D eigenvalue weighted by Crippen LogP contribution is 2.24. The van der Waals surface area contributed by atoms with Gasteiger partial charge in [0.25, 0.3) is 0 Å². The van der Waals surface area contributed by atoms with E-state index in [0.29, 0.717) is 12.6 Å². The van der Waals surface area contributed by atoms with Crippen LogP contribution in [0.3, 0.4) is 0 Å². The molecule has 1 saturated carbocycles. The minimum Gasteiger partial charge on any atom is -0.388 e. The van der Waals surface area contributed by atoms with E-state index >= 15 is 0 Å². The van der Waals surface area contributed by atoms with Crippen LogP contribution in [0.4, 0.5) is 0 Å².